The highest BCUT2D eigenvalue weighted by molar-refractivity contribution is 14.1. The molecule has 1 aromatic carbocycles. The molecular formula is C11H12INO4. The molecule has 0 aromatic heterocycles. The number of carbonyl (C=O) groups is 2. The average Bonchev–Trinajstić information content (AvgIpc) is 2.25. The molecule has 0 fully saturated rings. The van der Waals surface area contributed by atoms with E-state index in [1.807, 2.05) is 22.6 Å². The Morgan fingerprint density at radius 1 is 1.41 bits per heavy atom. The Balaban J connectivity index is 2.77. The lowest BCUT2D eigenvalue weighted by molar-refractivity contribution is -0.120. The molecule has 0 aliphatic carbocycles. The van der Waals surface area contributed by atoms with Gasteiger partial charge in [-0.3, -0.25) is 4.79 Å². The number of nitrogens with one attached hydrogen (secondary N) is 1. The summed E-state index contributed by atoms with van der Waals surface area (Å²) in [5, 5.41) is 11.4. The van der Waals surface area contributed by atoms with Gasteiger partial charge >= 0.3 is 5.97 Å². The van der Waals surface area contributed by atoms with Crippen molar-refractivity contribution in [2.24, 2.45) is 0 Å². The van der Waals surface area contributed by atoms with Crippen LogP contribution in [0.3, 0.4) is 0 Å². The predicted molar refractivity (Wildman–Crippen MR) is 71.2 cm³/mol. The van der Waals surface area contributed by atoms with Crippen LogP contribution in [-0.2, 0) is 9.53 Å². The molecule has 0 atom stereocenters. The molecule has 0 radical (unpaired) electrons. The number of aromatic carboxylic acids is 1. The monoisotopic (exact) mass is 349 g/mol. The summed E-state index contributed by atoms with van der Waals surface area (Å²) in [5.74, 6) is -1.32. The fourth-order valence-electron chi connectivity index (χ4n) is 1.18. The molecule has 0 saturated heterocycles. The molecule has 17 heavy (non-hydrogen) atoms. The number of rotatable bonds is 5. The van der Waals surface area contributed by atoms with E-state index in [1.54, 1.807) is 13.0 Å². The molecule has 0 saturated carbocycles. The van der Waals surface area contributed by atoms with Crippen molar-refractivity contribution < 1.29 is 19.4 Å². The van der Waals surface area contributed by atoms with Crippen molar-refractivity contribution in [3.63, 3.8) is 0 Å². The Morgan fingerprint density at radius 3 is 2.71 bits per heavy atom. The summed E-state index contributed by atoms with van der Waals surface area (Å²) in [5.41, 5.74) is 0.600. The number of benzene rings is 1. The van der Waals surface area contributed by atoms with Gasteiger partial charge in [-0.1, -0.05) is 0 Å². The minimum absolute atomic E-state index is 0.0373. The summed E-state index contributed by atoms with van der Waals surface area (Å²) in [6.45, 7) is 2.21. The van der Waals surface area contributed by atoms with Crippen LogP contribution in [0.4, 0.5) is 5.69 Å². The van der Waals surface area contributed by atoms with Gasteiger partial charge in [-0.05, 0) is 47.7 Å². The number of amides is 1. The highest BCUT2D eigenvalue weighted by Crippen LogP contribution is 2.16. The second kappa shape index (κ2) is 6.55. The molecule has 1 rings (SSSR count). The Morgan fingerprint density at radius 2 is 2.12 bits per heavy atom. The number of anilines is 1. The van der Waals surface area contributed by atoms with Crippen LogP contribution in [0.5, 0.6) is 0 Å². The molecule has 0 unspecified atom stereocenters. The third-order valence-electron chi connectivity index (χ3n) is 1.87. The third-order valence-corrected chi connectivity index (χ3v) is 2.49. The zero-order chi connectivity index (χ0) is 12.8. The van der Waals surface area contributed by atoms with Crippen LogP contribution < -0.4 is 5.32 Å². The Bertz CT molecular complexity index is 433. The Kier molecular flexibility index (Phi) is 5.36. The number of hydrogen-bond donors (Lipinski definition) is 2. The zero-order valence-corrected chi connectivity index (χ0v) is 11.4. The smallest absolute Gasteiger partial charge is 0.335 e. The molecule has 0 heterocycles. The molecule has 0 spiro atoms. The van der Waals surface area contributed by atoms with E-state index in [0.29, 0.717) is 12.3 Å². The third kappa shape index (κ3) is 4.70. The van der Waals surface area contributed by atoms with Gasteiger partial charge in [0.1, 0.15) is 6.61 Å². The molecule has 6 heteroatoms. The molecule has 1 aromatic rings. The number of carboxylic acids is 1. The van der Waals surface area contributed by atoms with E-state index in [2.05, 4.69) is 5.32 Å². The lowest BCUT2D eigenvalue weighted by Gasteiger charge is -2.07. The number of halogens is 1. The number of carboxylic acid groups (broad SMARTS) is 1. The fourth-order valence-corrected chi connectivity index (χ4v) is 1.85. The minimum Gasteiger partial charge on any atom is -0.478 e. The van der Waals surface area contributed by atoms with E-state index in [9.17, 15) is 9.59 Å². The molecule has 0 aliphatic heterocycles. The van der Waals surface area contributed by atoms with E-state index in [-0.39, 0.29) is 18.1 Å². The molecule has 5 nitrogen and oxygen atoms in total. The van der Waals surface area contributed by atoms with Gasteiger partial charge in [0.2, 0.25) is 5.91 Å². The van der Waals surface area contributed by atoms with Gasteiger partial charge in [0, 0.05) is 15.9 Å². The van der Waals surface area contributed by atoms with Gasteiger partial charge < -0.3 is 15.2 Å². The maximum atomic E-state index is 11.4. The first kappa shape index (κ1) is 13.9. The number of hydrogen-bond acceptors (Lipinski definition) is 3. The van der Waals surface area contributed by atoms with Crippen molar-refractivity contribution in [3.05, 3.63) is 27.3 Å². The molecule has 0 aliphatic rings. The molecule has 92 valence electrons. The van der Waals surface area contributed by atoms with E-state index in [0.717, 1.165) is 3.57 Å². The summed E-state index contributed by atoms with van der Waals surface area (Å²) >= 11 is 1.99. The van der Waals surface area contributed by atoms with Crippen LogP contribution in [0.1, 0.15) is 17.3 Å². The first-order valence-electron chi connectivity index (χ1n) is 4.94. The summed E-state index contributed by atoms with van der Waals surface area (Å²) in [7, 11) is 0. The van der Waals surface area contributed by atoms with Crippen LogP contribution in [-0.4, -0.2) is 30.2 Å². The van der Waals surface area contributed by atoms with Crippen LogP contribution in [0.2, 0.25) is 0 Å². The zero-order valence-electron chi connectivity index (χ0n) is 9.20. The molecule has 1 amide bonds. The fraction of sp³-hybridized carbons (Fsp3) is 0.273. The van der Waals surface area contributed by atoms with Crippen molar-refractivity contribution >= 4 is 40.2 Å². The topological polar surface area (TPSA) is 75.6 Å². The Labute approximate surface area is 112 Å². The minimum atomic E-state index is -1.02. The maximum absolute atomic E-state index is 11.4. The van der Waals surface area contributed by atoms with Crippen molar-refractivity contribution in [1.29, 1.82) is 0 Å². The first-order valence-corrected chi connectivity index (χ1v) is 6.02. The second-order valence-corrected chi connectivity index (χ2v) is 4.46. The molecule has 2 N–H and O–H groups in total. The summed E-state index contributed by atoms with van der Waals surface area (Å²) < 4.78 is 5.69. The van der Waals surface area contributed by atoms with Gasteiger partial charge in [-0.15, -0.1) is 0 Å². The maximum Gasteiger partial charge on any atom is 0.335 e. The quantitative estimate of drug-likeness (QED) is 0.797. The predicted octanol–water partition coefficient (Wildman–Crippen LogP) is 1.96. The van der Waals surface area contributed by atoms with E-state index < -0.39 is 5.97 Å². The first-order chi connectivity index (χ1) is 8.02. The van der Waals surface area contributed by atoms with Gasteiger partial charge in [0.25, 0.3) is 0 Å². The number of carbonyl (C=O) groups excluding carboxylic acids is 1. The summed E-state index contributed by atoms with van der Waals surface area (Å²) in [4.78, 5) is 22.2. The highest BCUT2D eigenvalue weighted by Gasteiger charge is 2.08. The van der Waals surface area contributed by atoms with E-state index >= 15 is 0 Å². The number of ether oxygens (including phenoxy) is 1. The van der Waals surface area contributed by atoms with Gasteiger partial charge in [0.15, 0.2) is 0 Å². The van der Waals surface area contributed by atoms with Crippen molar-refractivity contribution in [1.82, 2.24) is 0 Å². The lowest BCUT2D eigenvalue weighted by Crippen LogP contribution is -2.18. The van der Waals surface area contributed by atoms with Crippen LogP contribution in [0.25, 0.3) is 0 Å². The molecular weight excluding hydrogens is 337 g/mol. The largest absolute Gasteiger partial charge is 0.478 e. The van der Waals surface area contributed by atoms with E-state index in [4.69, 9.17) is 9.84 Å². The summed E-state index contributed by atoms with van der Waals surface area (Å²) in [6, 6.07) is 4.63. The summed E-state index contributed by atoms with van der Waals surface area (Å²) in [6.07, 6.45) is 0. The lowest BCUT2D eigenvalue weighted by atomic mass is 10.2. The van der Waals surface area contributed by atoms with Crippen molar-refractivity contribution in [3.8, 4) is 0 Å². The highest BCUT2D eigenvalue weighted by atomic mass is 127. The van der Waals surface area contributed by atoms with E-state index in [1.165, 1.54) is 12.1 Å². The van der Waals surface area contributed by atoms with Gasteiger partial charge in [-0.2, -0.15) is 0 Å². The van der Waals surface area contributed by atoms with Gasteiger partial charge in [0.05, 0.1) is 5.56 Å². The standard InChI is InChI=1S/C11H12INO4/c1-2-17-6-10(14)13-9-4-7(11(15)16)3-8(12)5-9/h3-5H,2,6H2,1H3,(H,13,14)(H,15,16). The SMILES string of the molecule is CCOCC(=O)Nc1cc(I)cc(C(=O)O)c1. The molecule has 0 bridgehead atoms. The van der Waals surface area contributed by atoms with Crippen LogP contribution in [0, 0.1) is 3.57 Å². The normalized spacial score (nSPS) is 10.0. The van der Waals surface area contributed by atoms with Crippen LogP contribution >= 0.6 is 22.6 Å². The van der Waals surface area contributed by atoms with Crippen molar-refractivity contribution in [2.45, 2.75) is 6.92 Å². The second-order valence-electron chi connectivity index (χ2n) is 3.22. The van der Waals surface area contributed by atoms with Crippen LogP contribution in [0.15, 0.2) is 18.2 Å². The van der Waals surface area contributed by atoms with Crippen molar-refractivity contribution in [2.75, 3.05) is 18.5 Å². The Hall–Kier alpha value is -1.15. The average molecular weight is 349 g/mol. The van der Waals surface area contributed by atoms with Gasteiger partial charge in [-0.25, -0.2) is 4.79 Å².